The van der Waals surface area contributed by atoms with Gasteiger partial charge < -0.3 is 5.32 Å². The van der Waals surface area contributed by atoms with Crippen LogP contribution in [0, 0.1) is 23.2 Å². The van der Waals surface area contributed by atoms with E-state index in [4.69, 9.17) is 0 Å². The molecule has 0 unspecified atom stereocenters. The van der Waals surface area contributed by atoms with Crippen LogP contribution in [0.1, 0.15) is 52.4 Å². The molecule has 0 radical (unpaired) electrons. The Morgan fingerprint density at radius 1 is 1.07 bits per heavy atom. The zero-order valence-corrected chi connectivity index (χ0v) is 10.3. The quantitative estimate of drug-likeness (QED) is 0.749. The van der Waals surface area contributed by atoms with Crippen LogP contribution in [0.25, 0.3) is 0 Å². The lowest BCUT2D eigenvalue weighted by Gasteiger charge is -2.59. The Morgan fingerprint density at radius 3 is 1.93 bits per heavy atom. The molecule has 4 saturated carbocycles. The smallest absolute Gasteiger partial charge is 0.00953 e. The van der Waals surface area contributed by atoms with Crippen LogP contribution in [-0.2, 0) is 0 Å². The van der Waals surface area contributed by atoms with Crippen molar-refractivity contribution < 1.29 is 0 Å². The SMILES string of the molecule is CCN[C@@H](C)C12CC3CC(CC(C3)C1)C2. The Labute approximate surface area is 94.0 Å². The van der Waals surface area contributed by atoms with Gasteiger partial charge in [0.2, 0.25) is 0 Å². The molecular formula is C14H25N. The second-order valence-electron chi connectivity index (χ2n) is 6.56. The lowest BCUT2D eigenvalue weighted by atomic mass is 9.48. The van der Waals surface area contributed by atoms with Crippen LogP contribution >= 0.6 is 0 Å². The molecule has 0 saturated heterocycles. The van der Waals surface area contributed by atoms with Crippen LogP contribution in [0.4, 0.5) is 0 Å². The van der Waals surface area contributed by atoms with Crippen LogP contribution in [0.15, 0.2) is 0 Å². The summed E-state index contributed by atoms with van der Waals surface area (Å²) in [5.74, 6) is 3.28. The minimum Gasteiger partial charge on any atom is -0.314 e. The van der Waals surface area contributed by atoms with Crippen molar-refractivity contribution >= 4 is 0 Å². The molecule has 0 aliphatic heterocycles. The first-order valence-corrected chi connectivity index (χ1v) is 6.95. The van der Waals surface area contributed by atoms with E-state index in [1.54, 1.807) is 19.3 Å². The summed E-state index contributed by atoms with van der Waals surface area (Å²) in [4.78, 5) is 0. The molecule has 4 fully saturated rings. The lowest BCUT2D eigenvalue weighted by molar-refractivity contribution is -0.0700. The van der Waals surface area contributed by atoms with E-state index in [9.17, 15) is 0 Å². The Bertz CT molecular complexity index is 210. The van der Waals surface area contributed by atoms with Gasteiger partial charge in [0.1, 0.15) is 0 Å². The number of nitrogens with one attached hydrogen (secondary N) is 1. The van der Waals surface area contributed by atoms with Crippen molar-refractivity contribution in [1.29, 1.82) is 0 Å². The second kappa shape index (κ2) is 3.48. The maximum atomic E-state index is 3.70. The standard InChI is InChI=1S/C14H25N/c1-3-15-10(2)14-7-11-4-12(8-14)6-13(5-11)9-14/h10-13,15H,3-9H2,1-2H3/t10-,11?,12?,13?,14?/m0/s1. The predicted molar refractivity (Wildman–Crippen MR) is 63.7 cm³/mol. The van der Waals surface area contributed by atoms with Gasteiger partial charge in [-0.25, -0.2) is 0 Å². The van der Waals surface area contributed by atoms with E-state index in [0.717, 1.165) is 30.3 Å². The van der Waals surface area contributed by atoms with E-state index < -0.39 is 0 Å². The summed E-state index contributed by atoms with van der Waals surface area (Å²) >= 11 is 0. The Kier molecular flexibility index (Phi) is 2.35. The maximum absolute atomic E-state index is 3.70. The topological polar surface area (TPSA) is 12.0 Å². The number of hydrogen-bond acceptors (Lipinski definition) is 1. The third-order valence-corrected chi connectivity index (χ3v) is 5.51. The van der Waals surface area contributed by atoms with E-state index in [2.05, 4.69) is 19.2 Å². The molecular weight excluding hydrogens is 182 g/mol. The molecule has 1 heteroatoms. The summed E-state index contributed by atoms with van der Waals surface area (Å²) < 4.78 is 0. The molecule has 0 heterocycles. The van der Waals surface area contributed by atoms with E-state index >= 15 is 0 Å². The summed E-state index contributed by atoms with van der Waals surface area (Å²) in [6.45, 7) is 5.83. The van der Waals surface area contributed by atoms with Gasteiger partial charge in [-0.1, -0.05) is 6.92 Å². The van der Waals surface area contributed by atoms with Crippen molar-refractivity contribution in [3.8, 4) is 0 Å². The molecule has 0 aromatic rings. The zero-order valence-electron chi connectivity index (χ0n) is 10.3. The Hall–Kier alpha value is -0.0400. The van der Waals surface area contributed by atoms with Crippen molar-refractivity contribution in [2.75, 3.05) is 6.54 Å². The molecule has 4 bridgehead atoms. The highest BCUT2D eigenvalue weighted by Gasteiger charge is 2.52. The van der Waals surface area contributed by atoms with Gasteiger partial charge in [-0.05, 0) is 75.2 Å². The van der Waals surface area contributed by atoms with Crippen molar-refractivity contribution in [1.82, 2.24) is 5.32 Å². The first-order valence-electron chi connectivity index (χ1n) is 6.95. The molecule has 86 valence electrons. The van der Waals surface area contributed by atoms with Gasteiger partial charge in [-0.15, -0.1) is 0 Å². The van der Waals surface area contributed by atoms with Gasteiger partial charge in [0.05, 0.1) is 0 Å². The average Bonchev–Trinajstić information content (AvgIpc) is 2.15. The third kappa shape index (κ3) is 1.54. The molecule has 4 rings (SSSR count). The summed E-state index contributed by atoms with van der Waals surface area (Å²) in [6.07, 6.45) is 9.31. The minimum absolute atomic E-state index is 0.699. The largest absolute Gasteiger partial charge is 0.314 e. The normalized spacial score (nSPS) is 49.6. The second-order valence-corrected chi connectivity index (χ2v) is 6.56. The summed E-state index contributed by atoms with van der Waals surface area (Å²) in [5, 5.41) is 3.70. The fourth-order valence-electron chi connectivity index (χ4n) is 5.23. The van der Waals surface area contributed by atoms with E-state index in [0.29, 0.717) is 5.41 Å². The van der Waals surface area contributed by atoms with E-state index in [1.165, 1.54) is 19.3 Å². The first-order chi connectivity index (χ1) is 7.22. The van der Waals surface area contributed by atoms with Crippen molar-refractivity contribution in [3.05, 3.63) is 0 Å². The first kappa shape index (κ1) is 10.1. The van der Waals surface area contributed by atoms with Crippen LogP contribution in [0.5, 0.6) is 0 Å². The van der Waals surface area contributed by atoms with E-state index in [-0.39, 0.29) is 0 Å². The highest BCUT2D eigenvalue weighted by molar-refractivity contribution is 5.04. The number of hydrogen-bond donors (Lipinski definition) is 1. The third-order valence-electron chi connectivity index (χ3n) is 5.51. The average molecular weight is 207 g/mol. The van der Waals surface area contributed by atoms with Gasteiger partial charge >= 0.3 is 0 Å². The highest BCUT2D eigenvalue weighted by Crippen LogP contribution is 2.61. The van der Waals surface area contributed by atoms with E-state index in [1.807, 2.05) is 0 Å². The molecule has 0 aromatic heterocycles. The van der Waals surface area contributed by atoms with Crippen molar-refractivity contribution in [2.24, 2.45) is 23.2 Å². The van der Waals surface area contributed by atoms with Crippen molar-refractivity contribution in [2.45, 2.75) is 58.4 Å². The minimum atomic E-state index is 0.699. The molecule has 1 atom stereocenters. The van der Waals surface area contributed by atoms with Crippen LogP contribution in [0.2, 0.25) is 0 Å². The fourth-order valence-corrected chi connectivity index (χ4v) is 5.23. The maximum Gasteiger partial charge on any atom is 0.00953 e. The lowest BCUT2D eigenvalue weighted by Crippen LogP contribution is -2.54. The van der Waals surface area contributed by atoms with Gasteiger partial charge in [0, 0.05) is 6.04 Å². The molecule has 4 aliphatic rings. The fraction of sp³-hybridized carbons (Fsp3) is 1.00. The molecule has 15 heavy (non-hydrogen) atoms. The summed E-state index contributed by atoms with van der Waals surface area (Å²) in [5.41, 5.74) is 0.699. The number of rotatable bonds is 3. The molecule has 0 aromatic carbocycles. The van der Waals surface area contributed by atoms with Gasteiger partial charge in [-0.3, -0.25) is 0 Å². The summed E-state index contributed by atoms with van der Waals surface area (Å²) in [7, 11) is 0. The highest BCUT2D eigenvalue weighted by atomic mass is 14.9. The van der Waals surface area contributed by atoms with Gasteiger partial charge in [0.25, 0.3) is 0 Å². The monoisotopic (exact) mass is 207 g/mol. The van der Waals surface area contributed by atoms with Gasteiger partial charge in [-0.2, -0.15) is 0 Å². The Balaban J connectivity index is 1.80. The van der Waals surface area contributed by atoms with Crippen LogP contribution < -0.4 is 5.32 Å². The van der Waals surface area contributed by atoms with Crippen LogP contribution in [0.3, 0.4) is 0 Å². The van der Waals surface area contributed by atoms with Gasteiger partial charge in [0.15, 0.2) is 0 Å². The molecule has 1 N–H and O–H groups in total. The van der Waals surface area contributed by atoms with Crippen molar-refractivity contribution in [3.63, 3.8) is 0 Å². The van der Waals surface area contributed by atoms with Crippen LogP contribution in [-0.4, -0.2) is 12.6 Å². The molecule has 0 spiro atoms. The zero-order chi connectivity index (χ0) is 10.5. The molecule has 4 aliphatic carbocycles. The molecule has 0 amide bonds. The Morgan fingerprint density at radius 2 is 1.53 bits per heavy atom. The predicted octanol–water partition coefficient (Wildman–Crippen LogP) is 3.20. The summed E-state index contributed by atoms with van der Waals surface area (Å²) in [6, 6.07) is 0.760. The molecule has 1 nitrogen and oxygen atoms in total.